The largest absolute Gasteiger partial charge is 0.368 e. The van der Waals surface area contributed by atoms with E-state index < -0.39 is 35.7 Å². The summed E-state index contributed by atoms with van der Waals surface area (Å²) in [6.45, 7) is 3.82. The van der Waals surface area contributed by atoms with E-state index in [4.69, 9.17) is 11.5 Å². The minimum Gasteiger partial charge on any atom is -0.368 e. The number of nitrogens with two attached hydrogens (primary N) is 2. The predicted octanol–water partition coefficient (Wildman–Crippen LogP) is -0.872. The van der Waals surface area contributed by atoms with Crippen molar-refractivity contribution in [2.45, 2.75) is 57.3 Å². The summed E-state index contributed by atoms with van der Waals surface area (Å²) in [4.78, 5) is 51.0. The van der Waals surface area contributed by atoms with Crippen LogP contribution < -0.4 is 11.5 Å². The van der Waals surface area contributed by atoms with Gasteiger partial charge in [-0.15, -0.1) is 0 Å². The summed E-state index contributed by atoms with van der Waals surface area (Å²) in [6, 6.07) is -1.34. The molecule has 6 atom stereocenters. The third-order valence-corrected chi connectivity index (χ3v) is 5.83. The third-order valence-electron chi connectivity index (χ3n) is 5.83. The zero-order chi connectivity index (χ0) is 18.5. The van der Waals surface area contributed by atoms with E-state index in [-0.39, 0.29) is 18.0 Å². The van der Waals surface area contributed by atoms with Gasteiger partial charge in [0.05, 0.1) is 0 Å². The molecular formula is C17H24N4O4. The fourth-order valence-corrected chi connectivity index (χ4v) is 4.17. The highest BCUT2D eigenvalue weighted by Crippen LogP contribution is 2.47. The molecule has 1 aliphatic carbocycles. The summed E-state index contributed by atoms with van der Waals surface area (Å²) in [5.74, 6) is -1.39. The molecule has 136 valence electrons. The van der Waals surface area contributed by atoms with Crippen LogP contribution in [0.4, 0.5) is 0 Å². The van der Waals surface area contributed by atoms with Crippen LogP contribution in [0.1, 0.15) is 33.1 Å². The van der Waals surface area contributed by atoms with Gasteiger partial charge in [0.15, 0.2) is 0 Å². The Morgan fingerprint density at radius 3 is 1.92 bits per heavy atom. The molecule has 3 fully saturated rings. The molecule has 2 saturated heterocycles. The lowest BCUT2D eigenvalue weighted by Gasteiger charge is -2.26. The summed E-state index contributed by atoms with van der Waals surface area (Å²) >= 11 is 0. The van der Waals surface area contributed by atoms with Crippen molar-refractivity contribution in [2.75, 3.05) is 0 Å². The van der Waals surface area contributed by atoms with E-state index in [1.165, 1.54) is 22.0 Å². The molecular weight excluding hydrogens is 324 g/mol. The van der Waals surface area contributed by atoms with Crippen LogP contribution in [0, 0.1) is 11.8 Å². The van der Waals surface area contributed by atoms with Gasteiger partial charge in [0.2, 0.25) is 23.6 Å². The molecule has 25 heavy (non-hydrogen) atoms. The minimum absolute atomic E-state index is 0.0499. The maximum absolute atomic E-state index is 12.5. The maximum Gasteiger partial charge on any atom is 0.247 e. The van der Waals surface area contributed by atoms with Gasteiger partial charge in [0.1, 0.15) is 12.1 Å². The zero-order valence-corrected chi connectivity index (χ0v) is 14.4. The van der Waals surface area contributed by atoms with Gasteiger partial charge in [0.25, 0.3) is 0 Å². The summed E-state index contributed by atoms with van der Waals surface area (Å²) < 4.78 is 0. The van der Waals surface area contributed by atoms with Crippen LogP contribution in [0.25, 0.3) is 0 Å². The molecule has 0 radical (unpaired) electrons. The van der Waals surface area contributed by atoms with E-state index in [0.29, 0.717) is 18.8 Å². The highest BCUT2D eigenvalue weighted by Gasteiger charge is 2.55. The van der Waals surface area contributed by atoms with Gasteiger partial charge in [-0.25, -0.2) is 0 Å². The van der Waals surface area contributed by atoms with E-state index >= 15 is 0 Å². The number of amides is 4. The average molecular weight is 348 g/mol. The summed E-state index contributed by atoms with van der Waals surface area (Å²) in [6.07, 6.45) is 4.33. The number of piperidine rings is 1. The van der Waals surface area contributed by atoms with Gasteiger partial charge < -0.3 is 21.3 Å². The Morgan fingerprint density at radius 1 is 0.840 bits per heavy atom. The number of carbonyl (C=O) groups excluding carboxylic acids is 4. The average Bonchev–Trinajstić information content (AvgIpc) is 3.09. The first-order chi connectivity index (χ1) is 11.7. The van der Waals surface area contributed by atoms with Crippen LogP contribution in [-0.4, -0.2) is 57.6 Å². The van der Waals surface area contributed by atoms with Crippen molar-refractivity contribution < 1.29 is 19.2 Å². The number of fused-ring (bicyclic) bond motifs is 1. The Balaban J connectivity index is 1.70. The summed E-state index contributed by atoms with van der Waals surface area (Å²) in [5, 5.41) is 0. The van der Waals surface area contributed by atoms with Gasteiger partial charge in [-0.05, 0) is 38.0 Å². The molecule has 0 aromatic heterocycles. The SMILES string of the molecule is C[C@H]1C[C@@H](C(N)=O)N(C(=O)/C=C/C(=O)N2[C@H](C(N)=O)C[C@@H]3C[C@@H]32)[C@H]1C. The summed E-state index contributed by atoms with van der Waals surface area (Å²) in [7, 11) is 0. The highest BCUT2D eigenvalue weighted by atomic mass is 16.2. The van der Waals surface area contributed by atoms with Crippen LogP contribution in [0.3, 0.4) is 0 Å². The molecule has 4 N–H and O–H groups in total. The lowest BCUT2D eigenvalue weighted by atomic mass is 10.0. The second kappa shape index (κ2) is 6.16. The van der Waals surface area contributed by atoms with Gasteiger partial charge in [-0.2, -0.15) is 0 Å². The van der Waals surface area contributed by atoms with E-state index in [0.717, 1.165) is 6.42 Å². The first-order valence-electron chi connectivity index (χ1n) is 8.63. The number of primary amides is 2. The fourth-order valence-electron chi connectivity index (χ4n) is 4.17. The van der Waals surface area contributed by atoms with Crippen molar-refractivity contribution in [3.8, 4) is 0 Å². The van der Waals surface area contributed by atoms with E-state index in [9.17, 15) is 19.2 Å². The van der Waals surface area contributed by atoms with Crippen molar-refractivity contribution in [1.82, 2.24) is 9.80 Å². The maximum atomic E-state index is 12.5. The number of carbonyl (C=O) groups is 4. The second-order valence-corrected chi connectivity index (χ2v) is 7.41. The van der Waals surface area contributed by atoms with Gasteiger partial charge in [-0.3, -0.25) is 19.2 Å². The molecule has 2 heterocycles. The molecule has 0 spiro atoms. The predicted molar refractivity (Wildman–Crippen MR) is 88.6 cm³/mol. The Bertz CT molecular complexity index is 661. The molecule has 4 amide bonds. The normalized spacial score (nSPS) is 36.6. The summed E-state index contributed by atoms with van der Waals surface area (Å²) in [5.41, 5.74) is 10.8. The van der Waals surface area contributed by atoms with E-state index in [1.807, 2.05) is 13.8 Å². The molecule has 2 aliphatic heterocycles. The van der Waals surface area contributed by atoms with Crippen molar-refractivity contribution in [2.24, 2.45) is 23.3 Å². The highest BCUT2D eigenvalue weighted by molar-refractivity contribution is 6.00. The monoisotopic (exact) mass is 348 g/mol. The Morgan fingerprint density at radius 2 is 1.36 bits per heavy atom. The molecule has 8 heteroatoms. The van der Waals surface area contributed by atoms with Gasteiger partial charge in [0, 0.05) is 24.2 Å². The quantitative estimate of drug-likeness (QED) is 0.640. The molecule has 8 nitrogen and oxygen atoms in total. The number of likely N-dealkylation sites (tertiary alicyclic amines) is 2. The smallest absolute Gasteiger partial charge is 0.247 e. The van der Waals surface area contributed by atoms with Crippen molar-refractivity contribution in [1.29, 1.82) is 0 Å². The van der Waals surface area contributed by atoms with Crippen LogP contribution >= 0.6 is 0 Å². The first kappa shape index (κ1) is 17.4. The molecule has 0 aromatic rings. The molecule has 0 unspecified atom stereocenters. The van der Waals surface area contributed by atoms with Crippen LogP contribution in [-0.2, 0) is 19.2 Å². The topological polar surface area (TPSA) is 127 Å². The molecule has 3 rings (SSSR count). The van der Waals surface area contributed by atoms with Crippen molar-refractivity contribution >= 4 is 23.6 Å². The number of hydrogen-bond acceptors (Lipinski definition) is 4. The van der Waals surface area contributed by atoms with Crippen molar-refractivity contribution in [3.05, 3.63) is 12.2 Å². The van der Waals surface area contributed by atoms with Crippen LogP contribution in [0.2, 0.25) is 0 Å². The number of nitrogens with zero attached hydrogens (tertiary/aromatic N) is 2. The van der Waals surface area contributed by atoms with Gasteiger partial charge in [-0.1, -0.05) is 6.92 Å². The Kier molecular flexibility index (Phi) is 4.30. The van der Waals surface area contributed by atoms with Gasteiger partial charge >= 0.3 is 0 Å². The first-order valence-corrected chi connectivity index (χ1v) is 8.63. The van der Waals surface area contributed by atoms with E-state index in [1.54, 1.807) is 0 Å². The number of rotatable bonds is 4. The lowest BCUT2D eigenvalue weighted by molar-refractivity contribution is -0.136. The Labute approximate surface area is 146 Å². The van der Waals surface area contributed by atoms with Crippen LogP contribution in [0.5, 0.6) is 0 Å². The Hall–Kier alpha value is -2.38. The molecule has 1 saturated carbocycles. The lowest BCUT2D eigenvalue weighted by Crippen LogP contribution is -2.47. The molecule has 0 aromatic carbocycles. The third kappa shape index (κ3) is 3.01. The molecule has 0 bridgehead atoms. The van der Waals surface area contributed by atoms with Crippen molar-refractivity contribution in [3.63, 3.8) is 0 Å². The molecule has 3 aliphatic rings. The zero-order valence-electron chi connectivity index (χ0n) is 14.4. The van der Waals surface area contributed by atoms with E-state index in [2.05, 4.69) is 0 Å². The standard InChI is InChI=1S/C17H24N4O4/c1-8-5-12(16(18)24)20(9(8)2)14(22)3-4-15(23)21-11-6-10(11)7-13(21)17(19)25/h3-4,8-13H,5-7H2,1-2H3,(H2,18,24)(H2,19,25)/b4-3+/t8-,9-,10-,11-,12-,13-/m0/s1. The minimum atomic E-state index is -0.657. The second-order valence-electron chi connectivity index (χ2n) is 7.41. The fraction of sp³-hybridized carbons (Fsp3) is 0.647. The number of hydrogen-bond donors (Lipinski definition) is 2. The van der Waals surface area contributed by atoms with Crippen LogP contribution in [0.15, 0.2) is 12.2 Å².